The van der Waals surface area contributed by atoms with Gasteiger partial charge in [-0.1, -0.05) is 30.3 Å². The van der Waals surface area contributed by atoms with Gasteiger partial charge in [0.25, 0.3) is 0 Å². The highest BCUT2D eigenvalue weighted by Gasteiger charge is 2.36. The first-order chi connectivity index (χ1) is 11.1. The van der Waals surface area contributed by atoms with Crippen LogP contribution in [0.1, 0.15) is 12.5 Å². The van der Waals surface area contributed by atoms with Crippen LogP contribution in [0.5, 0.6) is 0 Å². The molecule has 2 aromatic rings. The molecule has 0 aliphatic carbocycles. The summed E-state index contributed by atoms with van der Waals surface area (Å²) in [5, 5.41) is 4.19. The number of nitrogens with two attached hydrogens (primary N) is 1. The van der Waals surface area contributed by atoms with E-state index < -0.39 is 5.54 Å². The quantitative estimate of drug-likeness (QED) is 0.913. The maximum atomic E-state index is 12.9. The third-order valence-electron chi connectivity index (χ3n) is 4.19. The Hall–Kier alpha value is -2.18. The second-order valence-corrected chi connectivity index (χ2v) is 6.04. The molecule has 23 heavy (non-hydrogen) atoms. The highest BCUT2D eigenvalue weighted by atomic mass is 16.5. The van der Waals surface area contributed by atoms with Crippen molar-refractivity contribution in [3.05, 3.63) is 54.4 Å². The lowest BCUT2D eigenvalue weighted by atomic mass is 9.91. The highest BCUT2D eigenvalue weighted by molar-refractivity contribution is 5.87. The normalized spacial score (nSPS) is 21.0. The zero-order chi connectivity index (χ0) is 16.3. The number of rotatable bonds is 4. The number of amides is 1. The molecule has 0 radical (unpaired) electrons. The lowest BCUT2D eigenvalue weighted by Crippen LogP contribution is -2.56. The van der Waals surface area contributed by atoms with E-state index in [1.807, 2.05) is 47.3 Å². The van der Waals surface area contributed by atoms with Crippen LogP contribution in [-0.2, 0) is 21.6 Å². The van der Waals surface area contributed by atoms with Crippen molar-refractivity contribution < 1.29 is 9.53 Å². The summed E-state index contributed by atoms with van der Waals surface area (Å²) >= 11 is 0. The maximum Gasteiger partial charge on any atom is 0.247 e. The van der Waals surface area contributed by atoms with Crippen molar-refractivity contribution in [3.8, 4) is 0 Å². The molecule has 0 bridgehead atoms. The Morgan fingerprint density at radius 2 is 2.17 bits per heavy atom. The van der Waals surface area contributed by atoms with Crippen LogP contribution in [-0.4, -0.2) is 46.4 Å². The number of nitrogens with zero attached hydrogens (tertiary/aromatic N) is 3. The van der Waals surface area contributed by atoms with E-state index in [-0.39, 0.29) is 12.0 Å². The van der Waals surface area contributed by atoms with Crippen molar-refractivity contribution in [2.24, 2.45) is 5.73 Å². The minimum Gasteiger partial charge on any atom is -0.373 e. The molecule has 6 nitrogen and oxygen atoms in total. The van der Waals surface area contributed by atoms with Gasteiger partial charge in [-0.3, -0.25) is 9.48 Å². The molecular formula is C17H22N4O2. The fraction of sp³-hybridized carbons (Fsp3) is 0.412. The number of aromatic nitrogens is 2. The zero-order valence-corrected chi connectivity index (χ0v) is 13.3. The predicted octanol–water partition coefficient (Wildman–Crippen LogP) is 0.985. The Morgan fingerprint density at radius 1 is 1.39 bits per heavy atom. The largest absolute Gasteiger partial charge is 0.373 e. The van der Waals surface area contributed by atoms with Crippen LogP contribution in [0.3, 0.4) is 0 Å². The van der Waals surface area contributed by atoms with Crippen LogP contribution in [0.2, 0.25) is 0 Å². The van der Waals surface area contributed by atoms with Gasteiger partial charge in [-0.25, -0.2) is 0 Å². The SMILES string of the molecule is CC(N)(C(=O)N1CCOC(Cn2cccn2)C1)c1ccccc1. The van der Waals surface area contributed by atoms with E-state index >= 15 is 0 Å². The average molecular weight is 314 g/mol. The molecule has 1 fully saturated rings. The summed E-state index contributed by atoms with van der Waals surface area (Å²) in [6.45, 7) is 4.00. The van der Waals surface area contributed by atoms with E-state index in [1.165, 1.54) is 0 Å². The van der Waals surface area contributed by atoms with Gasteiger partial charge in [-0.15, -0.1) is 0 Å². The van der Waals surface area contributed by atoms with Gasteiger partial charge in [0.15, 0.2) is 0 Å². The summed E-state index contributed by atoms with van der Waals surface area (Å²) < 4.78 is 7.57. The summed E-state index contributed by atoms with van der Waals surface area (Å²) in [4.78, 5) is 14.7. The smallest absolute Gasteiger partial charge is 0.247 e. The number of morpholine rings is 1. The number of carbonyl (C=O) groups excluding carboxylic acids is 1. The van der Waals surface area contributed by atoms with Gasteiger partial charge in [-0.2, -0.15) is 5.10 Å². The summed E-state index contributed by atoms with van der Waals surface area (Å²) in [5.74, 6) is -0.0718. The molecule has 1 amide bonds. The summed E-state index contributed by atoms with van der Waals surface area (Å²) in [7, 11) is 0. The number of hydrogen-bond acceptors (Lipinski definition) is 4. The molecule has 0 spiro atoms. The summed E-state index contributed by atoms with van der Waals surface area (Å²) in [6, 6.07) is 11.4. The maximum absolute atomic E-state index is 12.9. The first-order valence-corrected chi connectivity index (χ1v) is 7.80. The van der Waals surface area contributed by atoms with Crippen LogP contribution in [0.15, 0.2) is 48.8 Å². The lowest BCUT2D eigenvalue weighted by molar-refractivity contribution is -0.145. The molecule has 0 saturated carbocycles. The van der Waals surface area contributed by atoms with Crippen LogP contribution >= 0.6 is 0 Å². The van der Waals surface area contributed by atoms with Crippen LogP contribution in [0.4, 0.5) is 0 Å². The third-order valence-corrected chi connectivity index (χ3v) is 4.19. The van der Waals surface area contributed by atoms with Gasteiger partial charge in [0.05, 0.1) is 19.3 Å². The van der Waals surface area contributed by atoms with E-state index in [9.17, 15) is 4.79 Å². The van der Waals surface area contributed by atoms with E-state index in [4.69, 9.17) is 10.5 Å². The highest BCUT2D eigenvalue weighted by Crippen LogP contribution is 2.22. The van der Waals surface area contributed by atoms with E-state index in [0.717, 1.165) is 5.56 Å². The number of ether oxygens (including phenoxy) is 1. The van der Waals surface area contributed by atoms with Gasteiger partial charge >= 0.3 is 0 Å². The second-order valence-electron chi connectivity index (χ2n) is 6.04. The first-order valence-electron chi connectivity index (χ1n) is 7.80. The molecular weight excluding hydrogens is 292 g/mol. The van der Waals surface area contributed by atoms with Crippen molar-refractivity contribution >= 4 is 5.91 Å². The zero-order valence-electron chi connectivity index (χ0n) is 13.3. The van der Waals surface area contributed by atoms with Gasteiger partial charge in [0.1, 0.15) is 5.54 Å². The standard InChI is InChI=1S/C17H22N4O2/c1-17(18,14-6-3-2-4-7-14)16(22)20-10-11-23-15(12-20)13-21-9-5-8-19-21/h2-9,15H,10-13,18H2,1H3. The molecule has 2 N–H and O–H groups in total. The molecule has 1 aliphatic rings. The molecule has 1 aromatic carbocycles. The van der Waals surface area contributed by atoms with Crippen molar-refractivity contribution in [2.45, 2.75) is 25.1 Å². The average Bonchev–Trinajstić information content (AvgIpc) is 3.08. The van der Waals surface area contributed by atoms with Crippen LogP contribution in [0, 0.1) is 0 Å². The minimum atomic E-state index is -1.03. The van der Waals surface area contributed by atoms with Crippen molar-refractivity contribution in [1.82, 2.24) is 14.7 Å². The molecule has 122 valence electrons. The molecule has 2 unspecified atom stereocenters. The Kier molecular flexibility index (Phi) is 4.45. The van der Waals surface area contributed by atoms with Crippen molar-refractivity contribution in [2.75, 3.05) is 19.7 Å². The molecule has 2 heterocycles. The van der Waals surface area contributed by atoms with Crippen LogP contribution < -0.4 is 5.73 Å². The van der Waals surface area contributed by atoms with Gasteiger partial charge in [-0.05, 0) is 18.6 Å². The molecule has 1 aromatic heterocycles. The second kappa shape index (κ2) is 6.52. The fourth-order valence-electron chi connectivity index (χ4n) is 2.87. The fourth-order valence-corrected chi connectivity index (χ4v) is 2.87. The van der Waals surface area contributed by atoms with Gasteiger partial charge in [0, 0.05) is 25.5 Å². The Balaban J connectivity index is 1.69. The van der Waals surface area contributed by atoms with Crippen molar-refractivity contribution in [1.29, 1.82) is 0 Å². The number of carbonyl (C=O) groups is 1. The first kappa shape index (κ1) is 15.7. The molecule has 2 atom stereocenters. The Morgan fingerprint density at radius 3 is 2.87 bits per heavy atom. The molecule has 1 saturated heterocycles. The molecule has 3 rings (SSSR count). The predicted molar refractivity (Wildman–Crippen MR) is 86.5 cm³/mol. The minimum absolute atomic E-state index is 0.0702. The molecule has 6 heteroatoms. The lowest BCUT2D eigenvalue weighted by Gasteiger charge is -2.37. The van der Waals surface area contributed by atoms with Crippen LogP contribution in [0.25, 0.3) is 0 Å². The third kappa shape index (κ3) is 3.43. The van der Waals surface area contributed by atoms with Crippen molar-refractivity contribution in [3.63, 3.8) is 0 Å². The Bertz CT molecular complexity index is 640. The Labute approximate surface area is 135 Å². The number of benzene rings is 1. The van der Waals surface area contributed by atoms with E-state index in [2.05, 4.69) is 5.10 Å². The number of hydrogen-bond donors (Lipinski definition) is 1. The van der Waals surface area contributed by atoms with E-state index in [1.54, 1.807) is 18.0 Å². The van der Waals surface area contributed by atoms with Gasteiger partial charge < -0.3 is 15.4 Å². The van der Waals surface area contributed by atoms with Gasteiger partial charge in [0.2, 0.25) is 5.91 Å². The summed E-state index contributed by atoms with van der Waals surface area (Å²) in [6.07, 6.45) is 3.55. The summed E-state index contributed by atoms with van der Waals surface area (Å²) in [5.41, 5.74) is 6.13. The monoisotopic (exact) mass is 314 g/mol. The topological polar surface area (TPSA) is 73.4 Å². The van der Waals surface area contributed by atoms with E-state index in [0.29, 0.717) is 26.2 Å². The molecule has 1 aliphatic heterocycles.